The number of nitrogens with zero attached hydrogens (tertiary/aromatic N) is 17. The molecule has 0 N–H and O–H groups in total. The lowest BCUT2D eigenvalue weighted by atomic mass is 9.74. The Labute approximate surface area is 711 Å². The van der Waals surface area contributed by atoms with Crippen LogP contribution in [0.15, 0.2) is 152 Å². The molecule has 0 bridgehead atoms. The summed E-state index contributed by atoms with van der Waals surface area (Å²) in [5.74, 6) is 3.35. The number of alkyl halides is 13. The molecule has 4 aliphatic carbocycles. The average Bonchev–Trinajstić information content (AvgIpc) is 1.66. The summed E-state index contributed by atoms with van der Waals surface area (Å²) in [6.07, 6.45) is 4.13. The third kappa shape index (κ3) is 20.3. The maximum Gasteiger partial charge on any atom is 0.420 e. The Morgan fingerprint density at radius 1 is 0.336 bits per heavy atom. The van der Waals surface area contributed by atoms with Gasteiger partial charge in [-0.1, -0.05) is 79.7 Å². The number of rotatable bonds is 20. The Morgan fingerprint density at radius 2 is 0.664 bits per heavy atom. The van der Waals surface area contributed by atoms with E-state index in [0.717, 1.165) is 102 Å². The van der Waals surface area contributed by atoms with Gasteiger partial charge in [0.25, 0.3) is 0 Å². The van der Waals surface area contributed by atoms with Gasteiger partial charge < -0.3 is 4.90 Å². The molecule has 0 atom stereocenters. The van der Waals surface area contributed by atoms with Gasteiger partial charge in [0.1, 0.15) is 68.7 Å². The third-order valence-electron chi connectivity index (χ3n) is 26.2. The van der Waals surface area contributed by atoms with Crippen molar-refractivity contribution in [2.45, 2.75) is 190 Å². The fourth-order valence-electron chi connectivity index (χ4n) is 18.2. The maximum absolute atomic E-state index is 15.4. The second-order valence-corrected chi connectivity index (χ2v) is 35.5. The van der Waals surface area contributed by atoms with Gasteiger partial charge in [-0.05, 0) is 239 Å². The average molecular weight is 1740 g/mol. The van der Waals surface area contributed by atoms with E-state index in [1.54, 1.807) is 54.0 Å². The molecule has 17 nitrogen and oxygen atoms in total. The van der Waals surface area contributed by atoms with E-state index in [4.69, 9.17) is 0 Å². The normalized spacial score (nSPS) is 19.0. The van der Waals surface area contributed by atoms with Gasteiger partial charge in [0, 0.05) is 122 Å². The predicted molar refractivity (Wildman–Crippen MR) is 437 cm³/mol. The first-order valence-electron chi connectivity index (χ1n) is 43.2. The van der Waals surface area contributed by atoms with E-state index in [9.17, 15) is 65.9 Å². The number of likely N-dealkylation sites (tertiary alicyclic amines) is 3. The Kier molecular flexibility index (Phi) is 24.8. The van der Waals surface area contributed by atoms with Crippen LogP contribution in [0.3, 0.4) is 0 Å². The number of piperidine rings is 3. The molecular formula is C92H97F16N17. The number of anilines is 1. The van der Waals surface area contributed by atoms with E-state index >= 15 is 4.39 Å². The summed E-state index contributed by atoms with van der Waals surface area (Å²) in [7, 11) is 0. The van der Waals surface area contributed by atoms with Gasteiger partial charge in [-0.2, -0.15) is 52.7 Å². The lowest BCUT2D eigenvalue weighted by molar-refractivity contribution is -0.138. The summed E-state index contributed by atoms with van der Waals surface area (Å²) in [5.41, 5.74) is -0.610. The zero-order valence-electron chi connectivity index (χ0n) is 69.1. The number of fused-ring (bicyclic) bond motifs is 4. The van der Waals surface area contributed by atoms with Crippen LogP contribution in [0.25, 0.3) is 22.6 Å². The van der Waals surface area contributed by atoms with Crippen molar-refractivity contribution in [1.82, 2.24) is 78.0 Å². The van der Waals surface area contributed by atoms with Crippen LogP contribution < -0.4 is 4.90 Å². The Balaban J connectivity index is 0.000000118. The van der Waals surface area contributed by atoms with Gasteiger partial charge in [0.2, 0.25) is 0 Å². The van der Waals surface area contributed by atoms with Gasteiger partial charge in [-0.25, -0.2) is 17.6 Å². The Hall–Kier alpha value is -10.1. The maximum atomic E-state index is 15.4. The zero-order valence-corrected chi connectivity index (χ0v) is 69.1. The van der Waals surface area contributed by atoms with Crippen molar-refractivity contribution in [3.05, 3.63) is 254 Å². The van der Waals surface area contributed by atoms with Crippen LogP contribution in [0.4, 0.5) is 75.9 Å². The Morgan fingerprint density at radius 3 is 1.01 bits per heavy atom. The smallest absolute Gasteiger partial charge is 0.367 e. The van der Waals surface area contributed by atoms with E-state index in [2.05, 4.69) is 69.6 Å². The molecule has 12 aromatic rings. The van der Waals surface area contributed by atoms with Crippen molar-refractivity contribution in [3.63, 3.8) is 0 Å². The first kappa shape index (κ1) is 87.0. The molecular weight excluding hydrogens is 1650 g/mol. The molecule has 4 saturated heterocycles. The minimum absolute atomic E-state index is 0.0604. The molecule has 8 fully saturated rings. The molecule has 4 aromatic carbocycles. The largest absolute Gasteiger partial charge is 0.420 e. The standard InChI is InChI=1S/C24H26F4N4.C23H24F4N4.C23H25F3N4.C22H22F5N5/c1-23(18-4-6-19(25)7-5-18)9-12-31(13-10-23)15-17-8-11-32-20(14-16-2-3-16)29-30-22(32)21(17)24(26,27)28;24-22(18-4-2-1-3-5-18)9-12-30(13-10-22)15-17-8-11-31-19(14-16-6-7-16)28-29-21(31)20(17)23(25,26)27;24-23(25,26)21-19(10-13-30-20(14-16-6-7-16)27-28-22(21)30)15-29-11-8-18(9-12-29)17-4-2-1-3-5-17;23-16-3-4-18(17(24)12-16)31-9-7-30(8-10-31)13-15-5-6-32-19(11-14-1-2-14)28-29-21(32)20(15)22(25,26)27/h4-8,11,16H,2-3,9-10,12-15H2,1H3;1-5,8,11,16H,6-7,9-10,12-15H2;1-5,10,13,16,18H,6-9,11-12,14-15H2;3-6,12,14H,1-2,7-11,13H2. The summed E-state index contributed by atoms with van der Waals surface area (Å²) in [6.45, 7) is 8.38. The number of pyridine rings is 4. The molecule has 0 unspecified atom stereocenters. The van der Waals surface area contributed by atoms with E-state index in [-0.39, 0.29) is 89.5 Å². The van der Waals surface area contributed by atoms with Gasteiger partial charge in [-0.3, -0.25) is 37.2 Å². The fourth-order valence-corrected chi connectivity index (χ4v) is 18.2. The summed E-state index contributed by atoms with van der Waals surface area (Å²) < 4.78 is 230. The van der Waals surface area contributed by atoms with E-state index < -0.39 is 64.3 Å². The summed E-state index contributed by atoms with van der Waals surface area (Å²) in [5, 5.41) is 31.9. The summed E-state index contributed by atoms with van der Waals surface area (Å²) in [4.78, 5) is 9.77. The van der Waals surface area contributed by atoms with Crippen molar-refractivity contribution < 1.29 is 70.2 Å². The molecule has 4 aliphatic heterocycles. The number of aromatic nitrogens is 12. The molecule has 4 saturated carbocycles. The molecule has 12 heterocycles. The topological polar surface area (TPSA) is 137 Å². The summed E-state index contributed by atoms with van der Waals surface area (Å²) in [6, 6.07) is 35.6. The zero-order chi connectivity index (χ0) is 87.3. The van der Waals surface area contributed by atoms with Crippen molar-refractivity contribution in [3.8, 4) is 0 Å². The van der Waals surface area contributed by atoms with Gasteiger partial charge in [0.05, 0.1) is 5.69 Å². The molecule has 125 heavy (non-hydrogen) atoms. The first-order valence-corrected chi connectivity index (χ1v) is 43.2. The monoisotopic (exact) mass is 1740 g/mol. The molecule has 662 valence electrons. The number of piperazine rings is 1. The highest BCUT2D eigenvalue weighted by atomic mass is 19.4. The minimum Gasteiger partial charge on any atom is -0.367 e. The molecule has 0 spiro atoms. The van der Waals surface area contributed by atoms with Gasteiger partial charge in [0.15, 0.2) is 22.6 Å². The molecule has 33 heteroatoms. The van der Waals surface area contributed by atoms with E-state index in [0.29, 0.717) is 148 Å². The van der Waals surface area contributed by atoms with Crippen LogP contribution in [-0.2, 0) is 87.7 Å². The second kappa shape index (κ2) is 35.6. The van der Waals surface area contributed by atoms with E-state index in [1.807, 2.05) is 58.3 Å². The first-order chi connectivity index (χ1) is 59.8. The highest BCUT2D eigenvalue weighted by molar-refractivity contribution is 5.57. The number of hydrogen-bond donors (Lipinski definition) is 0. The van der Waals surface area contributed by atoms with Crippen LogP contribution in [0.2, 0.25) is 0 Å². The molecule has 8 aromatic heterocycles. The van der Waals surface area contributed by atoms with Gasteiger partial charge >= 0.3 is 24.7 Å². The van der Waals surface area contributed by atoms with Crippen LogP contribution >= 0.6 is 0 Å². The van der Waals surface area contributed by atoms with Crippen LogP contribution in [-0.4, -0.2) is 143 Å². The number of benzene rings is 4. The lowest BCUT2D eigenvalue weighted by Crippen LogP contribution is -2.46. The molecule has 8 aliphatic rings. The van der Waals surface area contributed by atoms with E-state index in [1.165, 1.54) is 59.6 Å². The SMILES string of the molecule is CC1(c2ccc(F)cc2)CCN(Cc2ccn3c(CC4CC4)nnc3c2C(F)(F)F)CC1.FC(F)(F)c1c(CN2CCC(F)(c3ccccc3)CC2)ccn2c(CC3CC3)nnc12.FC(F)(F)c1c(CN2CCC(c3ccccc3)CC2)ccn2c(CC3CC3)nnc12.Fc1ccc(N2CCN(Cc3ccn4c(CC5CC5)nnc4c3C(F)(F)F)CC2)c(F)c1. The molecule has 0 amide bonds. The molecule has 0 radical (unpaired) electrons. The lowest BCUT2D eigenvalue weighted by Gasteiger charge is -2.40. The summed E-state index contributed by atoms with van der Waals surface area (Å²) >= 11 is 0. The number of halogens is 16. The highest BCUT2D eigenvalue weighted by Gasteiger charge is 2.45. The quantitative estimate of drug-likeness (QED) is 0.0670. The minimum atomic E-state index is -4.55. The second-order valence-electron chi connectivity index (χ2n) is 35.5. The van der Waals surface area contributed by atoms with Crippen molar-refractivity contribution in [2.24, 2.45) is 23.7 Å². The van der Waals surface area contributed by atoms with Crippen LogP contribution in [0.1, 0.15) is 187 Å². The van der Waals surface area contributed by atoms with Crippen LogP contribution in [0.5, 0.6) is 0 Å². The third-order valence-corrected chi connectivity index (χ3v) is 26.2. The fraction of sp³-hybridized carbons (Fsp3) is 0.478. The Bertz CT molecular complexity index is 5720. The van der Waals surface area contributed by atoms with Gasteiger partial charge in [-0.15, -0.1) is 40.8 Å². The molecule has 20 rings (SSSR count). The van der Waals surface area contributed by atoms with Crippen molar-refractivity contribution >= 4 is 28.3 Å². The predicted octanol–water partition coefficient (Wildman–Crippen LogP) is 19.9. The van der Waals surface area contributed by atoms with Crippen LogP contribution in [0, 0.1) is 41.1 Å². The number of hydrogen-bond acceptors (Lipinski definition) is 13. The van der Waals surface area contributed by atoms with Crippen molar-refractivity contribution in [2.75, 3.05) is 70.3 Å². The highest BCUT2D eigenvalue weighted by Crippen LogP contribution is 2.46. The van der Waals surface area contributed by atoms with Crippen molar-refractivity contribution in [1.29, 1.82) is 0 Å².